The molecule has 0 aliphatic heterocycles. The van der Waals surface area contributed by atoms with Crippen molar-refractivity contribution in [3.8, 4) is 5.75 Å². The van der Waals surface area contributed by atoms with Crippen molar-refractivity contribution >= 4 is 23.0 Å². The van der Waals surface area contributed by atoms with Gasteiger partial charge in [0.15, 0.2) is 5.11 Å². The SMILES string of the molecule is COc1ccc(CNC(=S)N/N=C2/CCCC[C@H]2C)cc1. The number of thiocarbonyl (C=S) groups is 1. The number of nitrogens with zero attached hydrogens (tertiary/aromatic N) is 1. The minimum absolute atomic E-state index is 0.565. The van der Waals surface area contributed by atoms with E-state index in [1.807, 2.05) is 24.3 Å². The molecule has 114 valence electrons. The molecule has 0 radical (unpaired) electrons. The van der Waals surface area contributed by atoms with Crippen LogP contribution in [0.2, 0.25) is 0 Å². The van der Waals surface area contributed by atoms with E-state index in [1.54, 1.807) is 7.11 Å². The van der Waals surface area contributed by atoms with Crippen molar-refractivity contribution in [2.45, 2.75) is 39.2 Å². The molecule has 2 rings (SSSR count). The molecule has 1 aromatic rings. The van der Waals surface area contributed by atoms with Crippen LogP contribution in [0.4, 0.5) is 0 Å². The van der Waals surface area contributed by atoms with E-state index in [-0.39, 0.29) is 0 Å². The Kier molecular flexibility index (Phi) is 5.99. The van der Waals surface area contributed by atoms with Crippen LogP contribution in [0, 0.1) is 5.92 Å². The van der Waals surface area contributed by atoms with Gasteiger partial charge >= 0.3 is 0 Å². The second kappa shape index (κ2) is 7.98. The Balaban J connectivity index is 1.77. The minimum Gasteiger partial charge on any atom is -0.497 e. The average molecular weight is 305 g/mol. The van der Waals surface area contributed by atoms with Crippen LogP contribution in [0.3, 0.4) is 0 Å². The number of hydrazone groups is 1. The summed E-state index contributed by atoms with van der Waals surface area (Å²) >= 11 is 5.25. The lowest BCUT2D eigenvalue weighted by Gasteiger charge is -2.20. The molecule has 1 atom stereocenters. The first kappa shape index (κ1) is 15.8. The van der Waals surface area contributed by atoms with Gasteiger partial charge in [-0.05, 0) is 55.1 Å². The van der Waals surface area contributed by atoms with Gasteiger partial charge in [0.1, 0.15) is 5.75 Å². The standard InChI is InChI=1S/C16H23N3OS/c1-12-5-3-4-6-15(12)18-19-16(21)17-11-13-7-9-14(20-2)10-8-13/h7-10,12H,3-6,11H2,1-2H3,(H2,17,19,21)/b18-15-/t12-/m1/s1. The predicted octanol–water partition coefficient (Wildman–Crippen LogP) is 3.23. The van der Waals surface area contributed by atoms with E-state index >= 15 is 0 Å². The van der Waals surface area contributed by atoms with E-state index in [0.717, 1.165) is 17.7 Å². The fourth-order valence-electron chi connectivity index (χ4n) is 2.42. The normalized spacial score (nSPS) is 20.1. The molecule has 0 heterocycles. The zero-order valence-corrected chi connectivity index (χ0v) is 13.5. The molecule has 1 aromatic carbocycles. The third kappa shape index (κ3) is 5.01. The number of methoxy groups -OCH3 is 1. The van der Waals surface area contributed by atoms with Crippen molar-refractivity contribution in [2.75, 3.05) is 7.11 Å². The Bertz CT molecular complexity index is 499. The average Bonchev–Trinajstić information content (AvgIpc) is 2.52. The summed E-state index contributed by atoms with van der Waals surface area (Å²) < 4.78 is 5.13. The molecule has 1 fully saturated rings. The number of hydrogen-bond donors (Lipinski definition) is 2. The largest absolute Gasteiger partial charge is 0.497 e. The molecule has 0 spiro atoms. The lowest BCUT2D eigenvalue weighted by atomic mass is 9.89. The van der Waals surface area contributed by atoms with Crippen molar-refractivity contribution in [2.24, 2.45) is 11.0 Å². The molecule has 1 aliphatic carbocycles. The van der Waals surface area contributed by atoms with Gasteiger partial charge in [-0.2, -0.15) is 5.10 Å². The van der Waals surface area contributed by atoms with Crippen molar-refractivity contribution in [1.29, 1.82) is 0 Å². The fourth-order valence-corrected chi connectivity index (χ4v) is 2.54. The van der Waals surface area contributed by atoms with E-state index in [1.165, 1.54) is 25.0 Å². The first-order valence-corrected chi connectivity index (χ1v) is 7.83. The molecule has 1 aliphatic rings. The third-order valence-corrected chi connectivity index (χ3v) is 4.04. The van der Waals surface area contributed by atoms with Crippen molar-refractivity contribution in [1.82, 2.24) is 10.7 Å². The molecule has 5 heteroatoms. The van der Waals surface area contributed by atoms with E-state index < -0.39 is 0 Å². The molecular weight excluding hydrogens is 282 g/mol. The summed E-state index contributed by atoms with van der Waals surface area (Å²) in [6.07, 6.45) is 4.85. The van der Waals surface area contributed by atoms with Crippen LogP contribution in [0.25, 0.3) is 0 Å². The third-order valence-electron chi connectivity index (χ3n) is 3.80. The molecule has 2 N–H and O–H groups in total. The molecule has 4 nitrogen and oxygen atoms in total. The van der Waals surface area contributed by atoms with E-state index in [2.05, 4.69) is 22.8 Å². The Morgan fingerprint density at radius 3 is 2.76 bits per heavy atom. The van der Waals surface area contributed by atoms with Gasteiger partial charge in [-0.15, -0.1) is 0 Å². The molecule has 0 saturated heterocycles. The number of benzene rings is 1. The molecule has 0 amide bonds. The maximum absolute atomic E-state index is 5.25. The van der Waals surface area contributed by atoms with Gasteiger partial charge in [0.25, 0.3) is 0 Å². The van der Waals surface area contributed by atoms with Gasteiger partial charge in [-0.3, -0.25) is 5.43 Å². The number of ether oxygens (including phenoxy) is 1. The zero-order chi connectivity index (χ0) is 15.1. The Labute approximate surface area is 132 Å². The lowest BCUT2D eigenvalue weighted by Crippen LogP contribution is -2.33. The van der Waals surface area contributed by atoms with E-state index in [4.69, 9.17) is 17.0 Å². The van der Waals surface area contributed by atoms with Crippen molar-refractivity contribution in [3.63, 3.8) is 0 Å². The number of hydrogen-bond acceptors (Lipinski definition) is 3. The van der Waals surface area contributed by atoms with Gasteiger partial charge in [0.05, 0.1) is 7.11 Å². The molecule has 1 saturated carbocycles. The smallest absolute Gasteiger partial charge is 0.187 e. The van der Waals surface area contributed by atoms with E-state index in [9.17, 15) is 0 Å². The van der Waals surface area contributed by atoms with Crippen LogP contribution < -0.4 is 15.5 Å². The Morgan fingerprint density at radius 1 is 1.33 bits per heavy atom. The molecule has 21 heavy (non-hydrogen) atoms. The molecular formula is C16H23N3OS. The minimum atomic E-state index is 0.565. The highest BCUT2D eigenvalue weighted by molar-refractivity contribution is 7.80. The summed E-state index contributed by atoms with van der Waals surface area (Å²) in [5.74, 6) is 1.42. The molecule has 0 bridgehead atoms. The highest BCUT2D eigenvalue weighted by atomic mass is 32.1. The second-order valence-corrected chi connectivity index (χ2v) is 5.80. The topological polar surface area (TPSA) is 45.6 Å². The zero-order valence-electron chi connectivity index (χ0n) is 12.7. The van der Waals surface area contributed by atoms with Gasteiger partial charge in [0.2, 0.25) is 0 Å². The van der Waals surface area contributed by atoms with Crippen molar-refractivity contribution in [3.05, 3.63) is 29.8 Å². The highest BCUT2D eigenvalue weighted by Gasteiger charge is 2.15. The summed E-state index contributed by atoms with van der Waals surface area (Å²) in [7, 11) is 1.66. The maximum Gasteiger partial charge on any atom is 0.187 e. The van der Waals surface area contributed by atoms with Crippen LogP contribution in [-0.4, -0.2) is 17.9 Å². The highest BCUT2D eigenvalue weighted by Crippen LogP contribution is 2.20. The van der Waals surface area contributed by atoms with Crippen LogP contribution >= 0.6 is 12.2 Å². The summed E-state index contributed by atoms with van der Waals surface area (Å²) in [4.78, 5) is 0. The number of nitrogens with one attached hydrogen (secondary N) is 2. The lowest BCUT2D eigenvalue weighted by molar-refractivity contribution is 0.414. The van der Waals surface area contributed by atoms with Gasteiger partial charge in [-0.1, -0.05) is 25.5 Å². The second-order valence-electron chi connectivity index (χ2n) is 5.39. The quantitative estimate of drug-likeness (QED) is 0.662. The summed E-state index contributed by atoms with van der Waals surface area (Å²) in [5, 5.41) is 8.18. The fraction of sp³-hybridized carbons (Fsp3) is 0.500. The van der Waals surface area contributed by atoms with Crippen LogP contribution in [-0.2, 0) is 6.54 Å². The van der Waals surface area contributed by atoms with Crippen LogP contribution in [0.1, 0.15) is 38.2 Å². The predicted molar refractivity (Wildman–Crippen MR) is 90.6 cm³/mol. The summed E-state index contributed by atoms with van der Waals surface area (Å²) in [6, 6.07) is 7.92. The molecule has 0 unspecified atom stereocenters. The summed E-state index contributed by atoms with van der Waals surface area (Å²) in [6.45, 7) is 2.91. The van der Waals surface area contributed by atoms with E-state index in [0.29, 0.717) is 17.6 Å². The van der Waals surface area contributed by atoms with Crippen LogP contribution in [0.5, 0.6) is 5.75 Å². The maximum atomic E-state index is 5.25. The number of rotatable bonds is 4. The first-order chi connectivity index (χ1) is 10.2. The Morgan fingerprint density at radius 2 is 2.10 bits per heavy atom. The first-order valence-electron chi connectivity index (χ1n) is 7.42. The Hall–Kier alpha value is -1.62. The van der Waals surface area contributed by atoms with Gasteiger partial charge in [-0.25, -0.2) is 0 Å². The van der Waals surface area contributed by atoms with Gasteiger partial charge in [0, 0.05) is 12.3 Å². The molecule has 0 aromatic heterocycles. The monoisotopic (exact) mass is 305 g/mol. The van der Waals surface area contributed by atoms with Gasteiger partial charge < -0.3 is 10.1 Å². The summed E-state index contributed by atoms with van der Waals surface area (Å²) in [5.41, 5.74) is 5.34. The van der Waals surface area contributed by atoms with Crippen LogP contribution in [0.15, 0.2) is 29.4 Å². The van der Waals surface area contributed by atoms with Crippen molar-refractivity contribution < 1.29 is 4.74 Å².